The van der Waals surface area contributed by atoms with Crippen LogP contribution >= 0.6 is 0 Å². The molecule has 0 radical (unpaired) electrons. The summed E-state index contributed by atoms with van der Waals surface area (Å²) in [5.41, 5.74) is 1.19. The number of methoxy groups -OCH3 is 1. The highest BCUT2D eigenvalue weighted by Gasteiger charge is 2.26. The van der Waals surface area contributed by atoms with Crippen molar-refractivity contribution in [2.75, 3.05) is 28.1 Å². The van der Waals surface area contributed by atoms with Crippen LogP contribution < -0.4 is 19.5 Å². The molecule has 0 fully saturated rings. The highest BCUT2D eigenvalue weighted by molar-refractivity contribution is 7.93. The Morgan fingerprint density at radius 1 is 0.967 bits per heavy atom. The van der Waals surface area contributed by atoms with Gasteiger partial charge >= 0.3 is 0 Å². The van der Waals surface area contributed by atoms with E-state index in [2.05, 4.69) is 14.8 Å². The van der Waals surface area contributed by atoms with Crippen molar-refractivity contribution in [2.45, 2.75) is 4.90 Å². The predicted octanol–water partition coefficient (Wildman–Crippen LogP) is 2.59. The van der Waals surface area contributed by atoms with Crippen LogP contribution in [0, 0.1) is 0 Å². The van der Waals surface area contributed by atoms with Crippen LogP contribution in [-0.2, 0) is 20.0 Å². The summed E-state index contributed by atoms with van der Waals surface area (Å²) in [4.78, 5) is 12.1. The second-order valence-electron chi connectivity index (χ2n) is 6.69. The van der Waals surface area contributed by atoms with Gasteiger partial charge in [-0.1, -0.05) is 12.1 Å². The normalized spacial score (nSPS) is 13.2. The molecule has 1 amide bonds. The van der Waals surface area contributed by atoms with E-state index in [9.17, 15) is 21.6 Å². The topological polar surface area (TPSA) is 131 Å². The molecule has 1 aliphatic rings. The van der Waals surface area contributed by atoms with Crippen LogP contribution in [0.1, 0.15) is 10.4 Å². The summed E-state index contributed by atoms with van der Waals surface area (Å²) in [5, 5.41) is 3.65. The molecule has 0 saturated carbocycles. The third kappa shape index (κ3) is 3.53. The lowest BCUT2D eigenvalue weighted by Gasteiger charge is -2.14. The Morgan fingerprint density at radius 2 is 1.73 bits per heavy atom. The molecule has 11 heteroatoms. The first-order chi connectivity index (χ1) is 14.1. The van der Waals surface area contributed by atoms with E-state index in [0.29, 0.717) is 22.0 Å². The molecule has 156 valence electrons. The number of benzene rings is 3. The number of ether oxygens (including phenoxy) is 1. The molecule has 1 aliphatic heterocycles. The Kier molecular flexibility index (Phi) is 4.59. The van der Waals surface area contributed by atoms with Crippen molar-refractivity contribution in [1.29, 1.82) is 0 Å². The molecular formula is C19H17N3O6S2. The molecule has 0 saturated heterocycles. The zero-order valence-corrected chi connectivity index (χ0v) is 17.5. The van der Waals surface area contributed by atoms with Crippen molar-refractivity contribution in [2.24, 2.45) is 0 Å². The predicted molar refractivity (Wildman–Crippen MR) is 114 cm³/mol. The lowest BCUT2D eigenvalue weighted by molar-refractivity contribution is 0.103. The molecule has 0 atom stereocenters. The number of hydrogen-bond acceptors (Lipinski definition) is 6. The van der Waals surface area contributed by atoms with E-state index >= 15 is 0 Å². The van der Waals surface area contributed by atoms with Gasteiger partial charge in [0.15, 0.2) is 0 Å². The molecule has 0 bridgehead atoms. The van der Waals surface area contributed by atoms with Crippen molar-refractivity contribution in [3.63, 3.8) is 0 Å². The second kappa shape index (κ2) is 6.89. The van der Waals surface area contributed by atoms with Crippen molar-refractivity contribution in [3.8, 4) is 5.75 Å². The first-order valence-electron chi connectivity index (χ1n) is 8.65. The monoisotopic (exact) mass is 447 g/mol. The summed E-state index contributed by atoms with van der Waals surface area (Å²) < 4.78 is 59.3. The molecule has 0 aliphatic carbocycles. The van der Waals surface area contributed by atoms with Crippen LogP contribution in [0.2, 0.25) is 0 Å². The van der Waals surface area contributed by atoms with Crippen LogP contribution in [0.4, 0.5) is 17.1 Å². The third-order valence-electron chi connectivity index (χ3n) is 4.53. The summed E-state index contributed by atoms with van der Waals surface area (Å²) >= 11 is 0. The zero-order valence-electron chi connectivity index (χ0n) is 15.9. The van der Waals surface area contributed by atoms with Gasteiger partial charge in [0.25, 0.3) is 15.9 Å². The van der Waals surface area contributed by atoms with Crippen LogP contribution in [-0.4, -0.2) is 36.1 Å². The molecular weight excluding hydrogens is 430 g/mol. The smallest absolute Gasteiger partial charge is 0.262 e. The van der Waals surface area contributed by atoms with E-state index in [-0.39, 0.29) is 27.9 Å². The summed E-state index contributed by atoms with van der Waals surface area (Å²) in [7, 11) is -6.29. The maximum atomic E-state index is 13.1. The standard InChI is InChI=1S/C19H17N3O6S2/c1-28-16-8-6-11(10-15(16)22-29(2,24)25)21-30(26,27)17-9-7-14-18-12(17)4-3-5-13(18)19(23)20-14/h3-10,21-22H,1-2H3,(H,20,23). The average Bonchev–Trinajstić information content (AvgIpc) is 2.98. The lowest BCUT2D eigenvalue weighted by Crippen LogP contribution is -2.15. The summed E-state index contributed by atoms with van der Waals surface area (Å²) in [6.45, 7) is 0. The van der Waals surface area contributed by atoms with Crippen LogP contribution in [0.3, 0.4) is 0 Å². The Hall–Kier alpha value is -3.31. The Bertz CT molecular complexity index is 1420. The van der Waals surface area contributed by atoms with E-state index in [4.69, 9.17) is 4.74 Å². The molecule has 9 nitrogen and oxygen atoms in total. The molecule has 0 unspecified atom stereocenters. The van der Waals surface area contributed by atoms with E-state index in [1.807, 2.05) is 0 Å². The fourth-order valence-electron chi connectivity index (χ4n) is 3.36. The fraction of sp³-hybridized carbons (Fsp3) is 0.105. The SMILES string of the molecule is COc1ccc(NS(=O)(=O)c2ccc3c4c(cccc24)C(=O)N3)cc1NS(C)(=O)=O. The van der Waals surface area contributed by atoms with Gasteiger partial charge in [0.05, 0.1) is 29.6 Å². The molecule has 3 N–H and O–H groups in total. The van der Waals surface area contributed by atoms with Gasteiger partial charge in [-0.3, -0.25) is 14.2 Å². The highest BCUT2D eigenvalue weighted by atomic mass is 32.2. The van der Waals surface area contributed by atoms with E-state index in [1.165, 1.54) is 37.4 Å². The summed E-state index contributed by atoms with van der Waals surface area (Å²) in [6.07, 6.45) is 0.978. The van der Waals surface area contributed by atoms with Crippen LogP contribution in [0.5, 0.6) is 5.75 Å². The molecule has 30 heavy (non-hydrogen) atoms. The van der Waals surface area contributed by atoms with Crippen LogP contribution in [0.25, 0.3) is 10.8 Å². The number of amides is 1. The average molecular weight is 447 g/mol. The Labute approximate surface area is 173 Å². The van der Waals surface area contributed by atoms with Crippen molar-refractivity contribution < 1.29 is 26.4 Å². The van der Waals surface area contributed by atoms with Gasteiger partial charge in [-0.25, -0.2) is 16.8 Å². The van der Waals surface area contributed by atoms with Gasteiger partial charge in [-0.05, 0) is 36.4 Å². The number of rotatable bonds is 6. The van der Waals surface area contributed by atoms with E-state index in [0.717, 1.165) is 6.26 Å². The second-order valence-corrected chi connectivity index (χ2v) is 10.1. The largest absolute Gasteiger partial charge is 0.495 e. The van der Waals surface area contributed by atoms with Gasteiger partial charge in [0.2, 0.25) is 10.0 Å². The van der Waals surface area contributed by atoms with Crippen molar-refractivity contribution in [1.82, 2.24) is 0 Å². The zero-order chi connectivity index (χ0) is 21.7. The number of nitrogens with one attached hydrogen (secondary N) is 3. The van der Waals surface area contributed by atoms with Gasteiger partial charge in [0, 0.05) is 22.0 Å². The van der Waals surface area contributed by atoms with Gasteiger partial charge < -0.3 is 10.1 Å². The Morgan fingerprint density at radius 3 is 2.43 bits per heavy atom. The van der Waals surface area contributed by atoms with Gasteiger partial charge in [0.1, 0.15) is 5.75 Å². The van der Waals surface area contributed by atoms with Crippen LogP contribution in [0.15, 0.2) is 53.4 Å². The first kappa shape index (κ1) is 20.0. The minimum atomic E-state index is -4.05. The third-order valence-corrected chi connectivity index (χ3v) is 6.56. The Balaban J connectivity index is 1.77. The van der Waals surface area contributed by atoms with E-state index in [1.54, 1.807) is 18.2 Å². The van der Waals surface area contributed by atoms with Gasteiger partial charge in [-0.2, -0.15) is 0 Å². The van der Waals surface area contributed by atoms with Crippen molar-refractivity contribution >= 4 is 53.8 Å². The number of carbonyl (C=O) groups excluding carboxylic acids is 1. The maximum Gasteiger partial charge on any atom is 0.262 e. The summed E-state index contributed by atoms with van der Waals surface area (Å²) in [5.74, 6) is -0.0527. The first-order valence-corrected chi connectivity index (χ1v) is 12.0. The summed E-state index contributed by atoms with van der Waals surface area (Å²) in [6, 6.07) is 12.0. The number of carbonyl (C=O) groups is 1. The molecule has 0 aromatic heterocycles. The molecule has 0 spiro atoms. The molecule has 4 rings (SSSR count). The molecule has 1 heterocycles. The van der Waals surface area contributed by atoms with Crippen molar-refractivity contribution in [3.05, 3.63) is 54.1 Å². The lowest BCUT2D eigenvalue weighted by atomic mass is 10.1. The quantitative estimate of drug-likeness (QED) is 0.532. The molecule has 3 aromatic carbocycles. The fourth-order valence-corrected chi connectivity index (χ4v) is 5.17. The number of hydrogen-bond donors (Lipinski definition) is 3. The minimum Gasteiger partial charge on any atom is -0.495 e. The number of sulfonamides is 2. The number of anilines is 3. The van der Waals surface area contributed by atoms with Gasteiger partial charge in [-0.15, -0.1) is 0 Å². The molecule has 3 aromatic rings. The minimum absolute atomic E-state index is 0.00644. The maximum absolute atomic E-state index is 13.1. The highest BCUT2D eigenvalue weighted by Crippen LogP contribution is 2.37. The van der Waals surface area contributed by atoms with E-state index < -0.39 is 20.0 Å².